The third-order valence-electron chi connectivity index (χ3n) is 7.75. The molecule has 0 bridgehead atoms. The molecule has 0 aliphatic carbocycles. The van der Waals surface area contributed by atoms with E-state index in [0.29, 0.717) is 60.3 Å². The van der Waals surface area contributed by atoms with Crippen LogP contribution in [0.15, 0.2) is 98.6 Å². The molecule has 3 aromatic carbocycles. The molecule has 0 N–H and O–H groups in total. The number of thiazole rings is 1. The molecule has 0 unspecified atom stereocenters. The van der Waals surface area contributed by atoms with E-state index in [4.69, 9.17) is 23.6 Å². The topological polar surface area (TPSA) is 135 Å². The van der Waals surface area contributed by atoms with Crippen LogP contribution in [-0.4, -0.2) is 28.9 Å². The Morgan fingerprint density at radius 1 is 1.09 bits per heavy atom. The van der Waals surface area contributed by atoms with Crippen molar-refractivity contribution in [2.45, 2.75) is 19.9 Å². The maximum Gasteiger partial charge on any atom is 0.338 e. The standard InChI is InChI=1S/C34H25N3O8S/c1-3-42-33(39)29-30(20-8-5-4-6-9-20)35-34-36(31(29)21-12-14-26-27(16-21)44-18-43-26)32(38)28(46-34)17-22-13-15-25(45-22)23-10-7-11-24(19(23)2)37(40)41/h4-17,31H,3,18H2,1-2H3/b28-17-/t31-/m0/s1. The fraction of sp³-hybridized carbons (Fsp3) is 0.147. The summed E-state index contributed by atoms with van der Waals surface area (Å²) < 4.78 is 24.5. The number of esters is 1. The van der Waals surface area contributed by atoms with Crippen molar-refractivity contribution in [3.8, 4) is 22.8 Å². The van der Waals surface area contributed by atoms with Crippen molar-refractivity contribution in [3.05, 3.63) is 137 Å². The quantitative estimate of drug-likeness (QED) is 0.136. The number of hydrogen-bond donors (Lipinski definition) is 0. The summed E-state index contributed by atoms with van der Waals surface area (Å²) in [5, 5.41) is 11.5. The predicted octanol–water partition coefficient (Wildman–Crippen LogP) is 5.14. The highest BCUT2D eigenvalue weighted by Gasteiger charge is 2.36. The van der Waals surface area contributed by atoms with Gasteiger partial charge in [-0.05, 0) is 43.7 Å². The first-order valence-electron chi connectivity index (χ1n) is 14.4. The van der Waals surface area contributed by atoms with E-state index in [1.165, 1.54) is 10.6 Å². The summed E-state index contributed by atoms with van der Waals surface area (Å²) in [5.74, 6) is 1.27. The Balaban J connectivity index is 1.42. The van der Waals surface area contributed by atoms with Gasteiger partial charge in [-0.2, -0.15) is 0 Å². The zero-order valence-electron chi connectivity index (χ0n) is 24.6. The molecule has 7 rings (SSSR count). The molecule has 2 aliphatic rings. The first-order chi connectivity index (χ1) is 22.3. The first kappa shape index (κ1) is 29.0. The molecule has 4 heterocycles. The number of nitro groups is 1. The number of rotatable bonds is 7. The fourth-order valence-corrected chi connectivity index (χ4v) is 6.61. The molecular weight excluding hydrogens is 610 g/mol. The number of nitrogens with zero attached hydrogens (tertiary/aromatic N) is 3. The van der Waals surface area contributed by atoms with E-state index in [0.717, 1.165) is 11.3 Å². The van der Waals surface area contributed by atoms with Crippen molar-refractivity contribution in [2.24, 2.45) is 4.99 Å². The van der Waals surface area contributed by atoms with Gasteiger partial charge in [0, 0.05) is 28.8 Å². The van der Waals surface area contributed by atoms with Crippen LogP contribution >= 0.6 is 11.3 Å². The van der Waals surface area contributed by atoms with Crippen LogP contribution in [0.4, 0.5) is 5.69 Å². The average Bonchev–Trinajstić information content (AvgIpc) is 3.80. The van der Waals surface area contributed by atoms with Crippen molar-refractivity contribution < 1.29 is 28.3 Å². The molecule has 12 heteroatoms. The molecule has 0 radical (unpaired) electrons. The normalized spacial score (nSPS) is 15.4. The Morgan fingerprint density at radius 2 is 1.89 bits per heavy atom. The van der Waals surface area contributed by atoms with Gasteiger partial charge in [-0.15, -0.1) is 0 Å². The third-order valence-corrected chi connectivity index (χ3v) is 8.74. The van der Waals surface area contributed by atoms with Crippen LogP contribution in [-0.2, 0) is 9.53 Å². The van der Waals surface area contributed by atoms with E-state index in [-0.39, 0.29) is 30.2 Å². The maximum absolute atomic E-state index is 14.2. The Labute approximate surface area is 265 Å². The monoisotopic (exact) mass is 635 g/mol. The summed E-state index contributed by atoms with van der Waals surface area (Å²) in [6.07, 6.45) is 1.60. The number of hydrogen-bond acceptors (Lipinski definition) is 10. The van der Waals surface area contributed by atoms with E-state index in [9.17, 15) is 19.7 Å². The second-order valence-electron chi connectivity index (χ2n) is 10.5. The van der Waals surface area contributed by atoms with Crippen LogP contribution in [0.1, 0.15) is 35.4 Å². The van der Waals surface area contributed by atoms with Crippen LogP contribution in [0.3, 0.4) is 0 Å². The number of carbonyl (C=O) groups excluding carboxylic acids is 1. The van der Waals surface area contributed by atoms with Crippen LogP contribution in [0.25, 0.3) is 23.1 Å². The van der Waals surface area contributed by atoms with E-state index in [1.807, 2.05) is 30.3 Å². The van der Waals surface area contributed by atoms with E-state index in [2.05, 4.69) is 0 Å². The summed E-state index contributed by atoms with van der Waals surface area (Å²) in [5.41, 5.74) is 2.56. The van der Waals surface area contributed by atoms with Crippen LogP contribution in [0.2, 0.25) is 0 Å². The Morgan fingerprint density at radius 3 is 2.67 bits per heavy atom. The molecule has 0 saturated carbocycles. The SMILES string of the molecule is CCOC(=O)C1=C(c2ccccc2)N=c2s/c(=C\c3ccc(-c4cccc([N+](=O)[O-])c4C)o3)c(=O)n2[C@H]1c1ccc2c(c1)OCO2. The number of fused-ring (bicyclic) bond motifs is 2. The van der Waals surface area contributed by atoms with Crippen molar-refractivity contribution in [2.75, 3.05) is 13.4 Å². The van der Waals surface area contributed by atoms with Gasteiger partial charge in [0.15, 0.2) is 16.3 Å². The lowest BCUT2D eigenvalue weighted by Gasteiger charge is -2.26. The van der Waals surface area contributed by atoms with Crippen LogP contribution < -0.4 is 24.4 Å². The molecule has 0 fully saturated rings. The molecule has 1 atom stereocenters. The molecule has 0 spiro atoms. The van der Waals surface area contributed by atoms with Crippen LogP contribution in [0.5, 0.6) is 11.5 Å². The number of aromatic nitrogens is 1. The Hall–Kier alpha value is -5.75. The van der Waals surface area contributed by atoms with Gasteiger partial charge in [-0.3, -0.25) is 19.5 Å². The Kier molecular flexibility index (Phi) is 7.33. The largest absolute Gasteiger partial charge is 0.463 e. The summed E-state index contributed by atoms with van der Waals surface area (Å²) in [7, 11) is 0. The zero-order chi connectivity index (χ0) is 31.9. The minimum atomic E-state index is -0.887. The maximum atomic E-state index is 14.2. The number of benzene rings is 3. The molecule has 0 amide bonds. The third kappa shape index (κ3) is 4.98. The highest BCUT2D eigenvalue weighted by molar-refractivity contribution is 7.07. The first-order valence-corrected chi connectivity index (χ1v) is 15.2. The van der Waals surface area contributed by atoms with Gasteiger partial charge in [0.2, 0.25) is 6.79 Å². The van der Waals surface area contributed by atoms with Crippen molar-refractivity contribution in [1.29, 1.82) is 0 Å². The van der Waals surface area contributed by atoms with Gasteiger partial charge in [-0.1, -0.05) is 59.9 Å². The second kappa shape index (κ2) is 11.6. The smallest absolute Gasteiger partial charge is 0.338 e. The van der Waals surface area contributed by atoms with Gasteiger partial charge in [-0.25, -0.2) is 9.79 Å². The highest BCUT2D eigenvalue weighted by atomic mass is 32.1. The van der Waals surface area contributed by atoms with E-state index in [1.54, 1.807) is 62.4 Å². The van der Waals surface area contributed by atoms with Gasteiger partial charge in [0.25, 0.3) is 11.2 Å². The average molecular weight is 636 g/mol. The lowest BCUT2D eigenvalue weighted by Crippen LogP contribution is -2.40. The fourth-order valence-electron chi connectivity index (χ4n) is 5.63. The minimum absolute atomic E-state index is 0.0149. The molecule has 11 nitrogen and oxygen atoms in total. The Bertz CT molecular complexity index is 2250. The molecule has 2 aliphatic heterocycles. The predicted molar refractivity (Wildman–Crippen MR) is 169 cm³/mol. The van der Waals surface area contributed by atoms with Gasteiger partial charge in [0.1, 0.15) is 11.5 Å². The summed E-state index contributed by atoms with van der Waals surface area (Å²) in [6, 6.07) is 21.9. The van der Waals surface area contributed by atoms with Crippen molar-refractivity contribution >= 4 is 34.8 Å². The highest BCUT2D eigenvalue weighted by Crippen LogP contribution is 2.40. The molecular formula is C34H25N3O8S. The van der Waals surface area contributed by atoms with Crippen molar-refractivity contribution in [3.63, 3.8) is 0 Å². The molecule has 230 valence electrons. The lowest BCUT2D eigenvalue weighted by molar-refractivity contribution is -0.385. The number of furan rings is 1. The molecule has 46 heavy (non-hydrogen) atoms. The van der Waals surface area contributed by atoms with Crippen molar-refractivity contribution in [1.82, 2.24) is 4.57 Å². The summed E-state index contributed by atoms with van der Waals surface area (Å²) in [6.45, 7) is 3.58. The number of ether oxygens (including phenoxy) is 3. The van der Waals surface area contributed by atoms with E-state index >= 15 is 0 Å². The summed E-state index contributed by atoms with van der Waals surface area (Å²) in [4.78, 5) is 44.1. The minimum Gasteiger partial charge on any atom is -0.463 e. The zero-order valence-corrected chi connectivity index (χ0v) is 25.4. The second-order valence-corrected chi connectivity index (χ2v) is 11.5. The lowest BCUT2D eigenvalue weighted by atomic mass is 9.93. The number of carbonyl (C=O) groups is 1. The van der Waals surface area contributed by atoms with Crippen LogP contribution in [0, 0.1) is 17.0 Å². The molecule has 0 saturated heterocycles. The van der Waals surface area contributed by atoms with Gasteiger partial charge >= 0.3 is 5.97 Å². The molecule has 2 aromatic heterocycles. The van der Waals surface area contributed by atoms with Gasteiger partial charge in [0.05, 0.1) is 33.4 Å². The summed E-state index contributed by atoms with van der Waals surface area (Å²) >= 11 is 1.16. The molecule has 5 aromatic rings. The van der Waals surface area contributed by atoms with Gasteiger partial charge < -0.3 is 18.6 Å². The number of nitro benzene ring substituents is 1. The van der Waals surface area contributed by atoms with E-state index < -0.39 is 16.9 Å².